The van der Waals surface area contributed by atoms with Crippen LogP contribution in [0.4, 0.5) is 15.8 Å². The number of likely N-dealkylation sites (tertiary alicyclic amines) is 1. The maximum absolute atomic E-state index is 15.5. The molecule has 53 heavy (non-hydrogen) atoms. The van der Waals surface area contributed by atoms with Crippen LogP contribution in [0.3, 0.4) is 0 Å². The first kappa shape index (κ1) is 34.5. The van der Waals surface area contributed by atoms with Crippen molar-refractivity contribution in [2.45, 2.75) is 37.6 Å². The van der Waals surface area contributed by atoms with Crippen LogP contribution in [0.5, 0.6) is 11.5 Å². The molecule has 2 atom stereocenters. The van der Waals surface area contributed by atoms with Crippen LogP contribution in [-0.2, 0) is 30.3 Å². The maximum atomic E-state index is 15.5. The van der Waals surface area contributed by atoms with E-state index in [9.17, 15) is 33.3 Å². The fourth-order valence-corrected chi connectivity index (χ4v) is 8.76. The van der Waals surface area contributed by atoms with Crippen molar-refractivity contribution < 1.29 is 42.4 Å². The van der Waals surface area contributed by atoms with Crippen LogP contribution in [0.15, 0.2) is 54.6 Å². The fraction of sp³-hybridized carbons (Fsp3) is 0.324. The molecule has 0 aromatic heterocycles. The summed E-state index contributed by atoms with van der Waals surface area (Å²) in [6.07, 6.45) is 2.09. The van der Waals surface area contributed by atoms with Gasteiger partial charge in [-0.05, 0) is 84.9 Å². The number of aromatic hydroxyl groups is 1. The molecule has 2 unspecified atom stereocenters. The summed E-state index contributed by atoms with van der Waals surface area (Å²) in [6, 6.07) is 14.8. The van der Waals surface area contributed by atoms with E-state index < -0.39 is 40.6 Å². The van der Waals surface area contributed by atoms with Crippen molar-refractivity contribution in [3.8, 4) is 11.5 Å². The predicted molar refractivity (Wildman–Crippen MR) is 193 cm³/mol. The topological polar surface area (TPSA) is 178 Å². The van der Waals surface area contributed by atoms with Gasteiger partial charge in [0.1, 0.15) is 36.4 Å². The number of nitrogens with one attached hydrogen (secondary N) is 3. The molecule has 0 radical (unpaired) electrons. The molecule has 16 heteroatoms. The average Bonchev–Trinajstić information content (AvgIpc) is 3.62. The van der Waals surface area contributed by atoms with E-state index in [4.69, 9.17) is 4.74 Å². The Hall–Kier alpha value is -5.61. The number of hydrogen-bond donors (Lipinski definition) is 4. The van der Waals surface area contributed by atoms with Crippen LogP contribution in [0.1, 0.15) is 47.5 Å². The van der Waals surface area contributed by atoms with Crippen LogP contribution < -0.4 is 29.3 Å². The largest absolute Gasteiger partial charge is 0.506 e. The van der Waals surface area contributed by atoms with Gasteiger partial charge in [0.2, 0.25) is 28.9 Å². The monoisotopic (exact) mass is 742 g/mol. The first-order valence-corrected chi connectivity index (χ1v) is 18.5. The van der Waals surface area contributed by atoms with E-state index in [1.165, 1.54) is 17.0 Å². The van der Waals surface area contributed by atoms with Gasteiger partial charge in [0.05, 0.1) is 18.8 Å². The summed E-state index contributed by atoms with van der Waals surface area (Å²) in [6.45, 7) is 1.60. The summed E-state index contributed by atoms with van der Waals surface area (Å²) >= 11 is -2.02. The number of fused-ring (bicyclic) bond motifs is 1. The van der Waals surface area contributed by atoms with Gasteiger partial charge in [0.15, 0.2) is 5.82 Å². The Balaban J connectivity index is 0.849. The Morgan fingerprint density at radius 3 is 2.57 bits per heavy atom. The summed E-state index contributed by atoms with van der Waals surface area (Å²) in [5.41, 5.74) is 2.02. The van der Waals surface area contributed by atoms with E-state index in [1.54, 1.807) is 18.2 Å². The van der Waals surface area contributed by atoms with Crippen LogP contribution in [0.2, 0.25) is 0 Å². The molecule has 0 spiro atoms. The van der Waals surface area contributed by atoms with Gasteiger partial charge < -0.3 is 15.2 Å². The standard InChI is InChI=1S/C37H35FN6O8S/c38-34-26-17-22(5-4-21(26)16-29(45)35(34)43-19-32(48)41-53(43)51)52-15-12-39-31(47)18-42-13-10-20(11-14-42)23-6-7-27-33-24(23)2-1-3-25(33)37(50)44(27)28-8-9-30(46)40-36(28)49/h1-7,16-17,20,28,45H,8-15,18-19H2,(H,39,47)(H,41,48)(H,40,46,49). The Labute approximate surface area is 304 Å². The van der Waals surface area contributed by atoms with Gasteiger partial charge in [0, 0.05) is 22.8 Å². The number of amides is 5. The van der Waals surface area contributed by atoms with Crippen LogP contribution in [-0.4, -0.2) is 89.1 Å². The Morgan fingerprint density at radius 2 is 1.81 bits per heavy atom. The van der Waals surface area contributed by atoms with E-state index >= 15 is 4.39 Å². The molecule has 5 amide bonds. The van der Waals surface area contributed by atoms with E-state index in [-0.39, 0.29) is 73.8 Å². The molecule has 4 aromatic rings. The zero-order chi connectivity index (χ0) is 37.0. The molecule has 3 saturated heterocycles. The number of benzene rings is 4. The molecule has 4 N–H and O–H groups in total. The molecule has 3 fully saturated rings. The molecule has 4 aliphatic rings. The van der Waals surface area contributed by atoms with Gasteiger partial charge in [0.25, 0.3) is 11.8 Å². The van der Waals surface area contributed by atoms with Gasteiger partial charge >= 0.3 is 0 Å². The first-order valence-electron chi connectivity index (χ1n) is 17.4. The second kappa shape index (κ2) is 13.7. The summed E-state index contributed by atoms with van der Waals surface area (Å²) in [7, 11) is 0. The van der Waals surface area contributed by atoms with Gasteiger partial charge in [-0.25, -0.2) is 8.60 Å². The van der Waals surface area contributed by atoms with Gasteiger partial charge in [-0.1, -0.05) is 24.3 Å². The lowest BCUT2D eigenvalue weighted by Crippen LogP contribution is -2.53. The lowest BCUT2D eigenvalue weighted by Gasteiger charge is -2.33. The van der Waals surface area contributed by atoms with E-state index in [2.05, 4.69) is 20.3 Å². The highest BCUT2D eigenvalue weighted by molar-refractivity contribution is 7.85. The Kier molecular flexibility index (Phi) is 8.94. The number of nitrogens with zero attached hydrogens (tertiary/aromatic N) is 3. The summed E-state index contributed by atoms with van der Waals surface area (Å²) < 4.78 is 36.6. The van der Waals surface area contributed by atoms with Gasteiger partial charge in [-0.3, -0.25) is 48.1 Å². The number of anilines is 2. The predicted octanol–water partition coefficient (Wildman–Crippen LogP) is 2.49. The second-order valence-electron chi connectivity index (χ2n) is 13.5. The quantitative estimate of drug-likeness (QED) is 0.148. The summed E-state index contributed by atoms with van der Waals surface area (Å²) in [5.74, 6) is -2.47. The zero-order valence-electron chi connectivity index (χ0n) is 28.4. The van der Waals surface area contributed by atoms with E-state index in [1.807, 2.05) is 24.3 Å². The molecule has 0 saturated carbocycles. The highest BCUT2D eigenvalue weighted by Crippen LogP contribution is 2.44. The third-order valence-electron chi connectivity index (χ3n) is 10.3. The Bertz CT molecular complexity index is 2260. The molecule has 4 aliphatic heterocycles. The molecule has 274 valence electrons. The molecular weight excluding hydrogens is 708 g/mol. The average molecular weight is 743 g/mol. The van der Waals surface area contributed by atoms with Crippen LogP contribution >= 0.6 is 0 Å². The third kappa shape index (κ3) is 6.31. The third-order valence-corrected chi connectivity index (χ3v) is 11.4. The molecule has 4 heterocycles. The fourth-order valence-electron chi connectivity index (χ4n) is 7.81. The SMILES string of the molecule is O=C(CN1CCC(c2ccc3c4c(cccc24)C(=O)N3C2CCC(=O)NC2=O)CC1)NCCOc1ccc2cc(O)c(N3CC(=O)NS3=O)c(F)c2c1. The summed E-state index contributed by atoms with van der Waals surface area (Å²) in [5, 5.41) is 17.9. The van der Waals surface area contributed by atoms with Crippen molar-refractivity contribution in [2.24, 2.45) is 0 Å². The highest BCUT2D eigenvalue weighted by Gasteiger charge is 2.41. The number of rotatable bonds is 9. The van der Waals surface area contributed by atoms with Crippen molar-refractivity contribution in [2.75, 3.05) is 48.5 Å². The molecule has 0 aliphatic carbocycles. The molecule has 0 bridgehead atoms. The second-order valence-corrected chi connectivity index (χ2v) is 14.7. The number of hydrogen-bond acceptors (Lipinski definition) is 9. The van der Waals surface area contributed by atoms with E-state index in [0.29, 0.717) is 35.5 Å². The molecule has 8 rings (SSSR count). The summed E-state index contributed by atoms with van der Waals surface area (Å²) in [4.78, 5) is 66.0. The number of halogens is 1. The molecule has 14 nitrogen and oxygen atoms in total. The highest BCUT2D eigenvalue weighted by atomic mass is 32.2. The normalized spacial score (nSPS) is 20.7. The maximum Gasteiger partial charge on any atom is 0.259 e. The number of phenols is 1. The van der Waals surface area contributed by atoms with Crippen molar-refractivity contribution in [3.63, 3.8) is 0 Å². The first-order chi connectivity index (χ1) is 25.6. The number of carbonyl (C=O) groups excluding carboxylic acids is 5. The zero-order valence-corrected chi connectivity index (χ0v) is 29.2. The van der Waals surface area contributed by atoms with Crippen LogP contribution in [0.25, 0.3) is 21.5 Å². The van der Waals surface area contributed by atoms with Crippen LogP contribution in [0, 0.1) is 5.82 Å². The van der Waals surface area contributed by atoms with Gasteiger partial charge in [-0.2, -0.15) is 0 Å². The molecule has 4 aromatic carbocycles. The Morgan fingerprint density at radius 1 is 1.00 bits per heavy atom. The van der Waals surface area contributed by atoms with E-state index in [0.717, 1.165) is 33.5 Å². The van der Waals surface area contributed by atoms with Crippen molar-refractivity contribution in [1.82, 2.24) is 20.3 Å². The molecular formula is C37H35FN6O8S. The minimum atomic E-state index is -2.02. The lowest BCUT2D eigenvalue weighted by molar-refractivity contribution is -0.134. The number of phenolic OH excluding ortho intramolecular Hbond substituents is 1. The van der Waals surface area contributed by atoms with Gasteiger partial charge in [-0.15, -0.1) is 0 Å². The number of imide groups is 1. The van der Waals surface area contributed by atoms with Crippen molar-refractivity contribution >= 4 is 73.6 Å². The smallest absolute Gasteiger partial charge is 0.259 e. The minimum Gasteiger partial charge on any atom is -0.506 e. The number of carbonyl (C=O) groups is 5. The van der Waals surface area contributed by atoms with Crippen molar-refractivity contribution in [3.05, 3.63) is 71.5 Å². The number of ether oxygens (including phenoxy) is 1. The number of piperidine rings is 2. The lowest BCUT2D eigenvalue weighted by atomic mass is 9.85. The minimum absolute atomic E-state index is 0.110. The van der Waals surface area contributed by atoms with Crippen molar-refractivity contribution in [1.29, 1.82) is 0 Å².